The number of carbonyl (C=O) groups is 2. The molecular weight excluding hydrogens is 316 g/mol. The summed E-state index contributed by atoms with van der Waals surface area (Å²) in [6, 6.07) is 11.7. The number of hydrogen-bond donors (Lipinski definition) is 1. The molecule has 0 saturated carbocycles. The van der Waals surface area contributed by atoms with Crippen LogP contribution in [-0.2, 0) is 4.79 Å². The molecule has 2 aliphatic rings. The highest BCUT2D eigenvalue weighted by molar-refractivity contribution is 5.93. The molecule has 2 fully saturated rings. The number of benzene rings is 1. The van der Waals surface area contributed by atoms with Gasteiger partial charge >= 0.3 is 0 Å². The minimum Gasteiger partial charge on any atom is -0.459 e. The van der Waals surface area contributed by atoms with E-state index in [1.165, 1.54) is 0 Å². The second-order valence-corrected chi connectivity index (χ2v) is 7.16. The van der Waals surface area contributed by atoms with Crippen LogP contribution in [0.15, 0.2) is 47.1 Å². The number of carbonyl (C=O) groups excluding carboxylic acids is 2. The third-order valence-corrected chi connectivity index (χ3v) is 5.57. The largest absolute Gasteiger partial charge is 0.459 e. The molecule has 1 aromatic carbocycles. The normalized spacial score (nSPS) is 22.2. The van der Waals surface area contributed by atoms with E-state index in [4.69, 9.17) is 4.42 Å². The van der Waals surface area contributed by atoms with Gasteiger partial charge in [0, 0.05) is 24.2 Å². The van der Waals surface area contributed by atoms with Crippen molar-refractivity contribution in [2.75, 3.05) is 13.1 Å². The first-order chi connectivity index (χ1) is 12.1. The van der Waals surface area contributed by atoms with Crippen LogP contribution in [0.5, 0.6) is 0 Å². The van der Waals surface area contributed by atoms with Crippen LogP contribution in [0.25, 0.3) is 0 Å². The number of likely N-dealkylation sites (tertiary alicyclic amines) is 1. The quantitative estimate of drug-likeness (QED) is 0.916. The van der Waals surface area contributed by atoms with Crippen molar-refractivity contribution in [2.45, 2.75) is 37.6 Å². The van der Waals surface area contributed by atoms with E-state index < -0.39 is 0 Å². The molecule has 1 aromatic heterocycles. The minimum absolute atomic E-state index is 0.0544. The van der Waals surface area contributed by atoms with Gasteiger partial charge in [0.15, 0.2) is 5.76 Å². The predicted molar refractivity (Wildman–Crippen MR) is 93.3 cm³/mol. The van der Waals surface area contributed by atoms with Gasteiger partial charge in [-0.3, -0.25) is 9.59 Å². The Labute approximate surface area is 147 Å². The van der Waals surface area contributed by atoms with Gasteiger partial charge in [0.2, 0.25) is 5.91 Å². The molecule has 1 N–H and O–H groups in total. The average Bonchev–Trinajstić information content (AvgIpc) is 3.19. The molecule has 25 heavy (non-hydrogen) atoms. The summed E-state index contributed by atoms with van der Waals surface area (Å²) in [5, 5.41) is 3.22. The number of hydrogen-bond acceptors (Lipinski definition) is 3. The van der Waals surface area contributed by atoms with Crippen molar-refractivity contribution in [3.05, 3.63) is 59.5 Å². The Balaban J connectivity index is 1.44. The Bertz CT molecular complexity index is 788. The maximum atomic E-state index is 12.6. The number of piperidine rings is 1. The number of rotatable bonds is 2. The fraction of sp³-hybridized carbons (Fsp3) is 0.400. The first-order valence-corrected chi connectivity index (χ1v) is 8.78. The summed E-state index contributed by atoms with van der Waals surface area (Å²) in [6.07, 6.45) is 3.93. The van der Waals surface area contributed by atoms with Crippen molar-refractivity contribution in [3.63, 3.8) is 0 Å². The van der Waals surface area contributed by atoms with Crippen LogP contribution >= 0.6 is 0 Å². The van der Waals surface area contributed by atoms with E-state index >= 15 is 0 Å². The monoisotopic (exact) mass is 338 g/mol. The first kappa shape index (κ1) is 15.9. The van der Waals surface area contributed by atoms with Gasteiger partial charge in [0.1, 0.15) is 0 Å². The van der Waals surface area contributed by atoms with Gasteiger partial charge in [-0.15, -0.1) is 0 Å². The second-order valence-electron chi connectivity index (χ2n) is 7.16. The van der Waals surface area contributed by atoms with Crippen LogP contribution in [0.4, 0.5) is 0 Å². The molecule has 2 saturated heterocycles. The van der Waals surface area contributed by atoms with Gasteiger partial charge < -0.3 is 14.6 Å². The van der Waals surface area contributed by atoms with Crippen molar-refractivity contribution in [3.8, 4) is 0 Å². The van der Waals surface area contributed by atoms with Crippen molar-refractivity contribution >= 4 is 11.8 Å². The number of nitrogens with zero attached hydrogens (tertiary/aromatic N) is 1. The first-order valence-electron chi connectivity index (χ1n) is 8.78. The standard InChI is InChI=1S/C20H22N2O3/c1-14-7-12-25-17(14)19(24)22-10-8-20(9-11-22)13-16(18(23)21-20)15-5-3-2-4-6-15/h2-7,12,16H,8-11,13H2,1H3,(H,21,23). The summed E-state index contributed by atoms with van der Waals surface area (Å²) < 4.78 is 5.33. The molecule has 1 atom stereocenters. The molecule has 0 radical (unpaired) electrons. The van der Waals surface area contributed by atoms with E-state index in [0.717, 1.165) is 30.4 Å². The van der Waals surface area contributed by atoms with Gasteiger partial charge in [-0.25, -0.2) is 0 Å². The van der Waals surface area contributed by atoms with E-state index in [1.54, 1.807) is 12.3 Å². The molecule has 0 aliphatic carbocycles. The van der Waals surface area contributed by atoms with E-state index in [0.29, 0.717) is 18.8 Å². The number of furan rings is 1. The molecule has 5 heteroatoms. The summed E-state index contributed by atoms with van der Waals surface area (Å²) in [7, 11) is 0. The highest BCUT2D eigenvalue weighted by Gasteiger charge is 2.46. The third kappa shape index (κ3) is 2.84. The molecular formula is C20H22N2O3. The summed E-state index contributed by atoms with van der Waals surface area (Å²) in [6.45, 7) is 3.16. The topological polar surface area (TPSA) is 62.6 Å². The lowest BCUT2D eigenvalue weighted by Gasteiger charge is -2.39. The fourth-order valence-electron chi connectivity index (χ4n) is 4.04. The van der Waals surface area contributed by atoms with Crippen LogP contribution in [0, 0.1) is 6.92 Å². The highest BCUT2D eigenvalue weighted by Crippen LogP contribution is 2.39. The molecule has 130 valence electrons. The van der Waals surface area contributed by atoms with Crippen molar-refractivity contribution in [1.29, 1.82) is 0 Å². The Morgan fingerprint density at radius 2 is 1.92 bits per heavy atom. The van der Waals surface area contributed by atoms with Gasteiger partial charge in [-0.1, -0.05) is 30.3 Å². The number of aryl methyl sites for hydroxylation is 1. The molecule has 2 amide bonds. The number of amides is 2. The Hall–Kier alpha value is -2.56. The van der Waals surface area contributed by atoms with Gasteiger partial charge in [0.25, 0.3) is 5.91 Å². The smallest absolute Gasteiger partial charge is 0.289 e. The van der Waals surface area contributed by atoms with Crippen molar-refractivity contribution < 1.29 is 14.0 Å². The molecule has 5 nitrogen and oxygen atoms in total. The summed E-state index contributed by atoms with van der Waals surface area (Å²) >= 11 is 0. The van der Waals surface area contributed by atoms with Crippen LogP contribution < -0.4 is 5.32 Å². The highest BCUT2D eigenvalue weighted by atomic mass is 16.3. The molecule has 2 aliphatic heterocycles. The molecule has 0 bridgehead atoms. The van der Waals surface area contributed by atoms with Gasteiger partial charge in [-0.2, -0.15) is 0 Å². The van der Waals surface area contributed by atoms with E-state index in [2.05, 4.69) is 5.32 Å². The Morgan fingerprint density at radius 3 is 2.56 bits per heavy atom. The van der Waals surface area contributed by atoms with E-state index in [9.17, 15) is 9.59 Å². The number of nitrogens with one attached hydrogen (secondary N) is 1. The van der Waals surface area contributed by atoms with Crippen LogP contribution in [-0.4, -0.2) is 35.3 Å². The van der Waals surface area contributed by atoms with Crippen LogP contribution in [0.1, 0.15) is 46.9 Å². The van der Waals surface area contributed by atoms with E-state index in [1.807, 2.05) is 42.2 Å². The van der Waals surface area contributed by atoms with Crippen LogP contribution in [0.2, 0.25) is 0 Å². The van der Waals surface area contributed by atoms with Crippen molar-refractivity contribution in [2.24, 2.45) is 0 Å². The maximum absolute atomic E-state index is 12.6. The zero-order valence-corrected chi connectivity index (χ0v) is 14.3. The maximum Gasteiger partial charge on any atom is 0.289 e. The van der Waals surface area contributed by atoms with Gasteiger partial charge in [0.05, 0.1) is 12.2 Å². The summed E-state index contributed by atoms with van der Waals surface area (Å²) in [5.74, 6) is 0.387. The third-order valence-electron chi connectivity index (χ3n) is 5.57. The average molecular weight is 338 g/mol. The SMILES string of the molecule is Cc1ccoc1C(=O)N1CCC2(CC1)CC(c1ccccc1)C(=O)N2. The minimum atomic E-state index is -0.188. The zero-order valence-electron chi connectivity index (χ0n) is 14.3. The zero-order chi connectivity index (χ0) is 17.4. The lowest BCUT2D eigenvalue weighted by Crippen LogP contribution is -2.52. The molecule has 2 aromatic rings. The van der Waals surface area contributed by atoms with E-state index in [-0.39, 0.29) is 23.3 Å². The van der Waals surface area contributed by atoms with Crippen LogP contribution in [0.3, 0.4) is 0 Å². The Morgan fingerprint density at radius 1 is 1.20 bits per heavy atom. The summed E-state index contributed by atoms with van der Waals surface area (Å²) in [5.41, 5.74) is 1.75. The lowest BCUT2D eigenvalue weighted by molar-refractivity contribution is -0.121. The Kier molecular flexibility index (Phi) is 3.86. The molecule has 1 unspecified atom stereocenters. The molecule has 1 spiro atoms. The second kappa shape index (κ2) is 6.06. The summed E-state index contributed by atoms with van der Waals surface area (Å²) in [4.78, 5) is 26.9. The van der Waals surface area contributed by atoms with Gasteiger partial charge in [-0.05, 0) is 37.8 Å². The fourth-order valence-corrected chi connectivity index (χ4v) is 4.04. The lowest BCUT2D eigenvalue weighted by atomic mass is 9.82. The molecule has 3 heterocycles. The van der Waals surface area contributed by atoms with Crippen molar-refractivity contribution in [1.82, 2.24) is 10.2 Å². The molecule has 4 rings (SSSR count). The predicted octanol–water partition coefficient (Wildman–Crippen LogP) is 2.87.